The number of amides is 1. The van der Waals surface area contributed by atoms with Gasteiger partial charge >= 0.3 is 12.1 Å². The molecule has 1 heterocycles. The van der Waals surface area contributed by atoms with E-state index in [2.05, 4.69) is 10.5 Å². The average Bonchev–Trinajstić information content (AvgIpc) is 3.16. The van der Waals surface area contributed by atoms with Gasteiger partial charge < -0.3 is 9.52 Å². The van der Waals surface area contributed by atoms with Gasteiger partial charge in [-0.2, -0.15) is 18.3 Å². The van der Waals surface area contributed by atoms with Gasteiger partial charge in [0, 0.05) is 5.56 Å². The third kappa shape index (κ3) is 5.34. The summed E-state index contributed by atoms with van der Waals surface area (Å²) in [5.41, 5.74) is 2.43. The molecule has 0 saturated heterocycles. The van der Waals surface area contributed by atoms with Crippen LogP contribution >= 0.6 is 0 Å². The molecule has 0 unspecified atom stereocenters. The van der Waals surface area contributed by atoms with Crippen LogP contribution < -0.4 is 5.43 Å². The zero-order chi connectivity index (χ0) is 21.7. The molecule has 2 N–H and O–H groups in total. The predicted molar refractivity (Wildman–Crippen MR) is 102 cm³/mol. The first-order valence-corrected chi connectivity index (χ1v) is 8.64. The first kappa shape index (κ1) is 20.8. The van der Waals surface area contributed by atoms with Gasteiger partial charge in [0.05, 0.1) is 23.8 Å². The topological polar surface area (TPSA) is 91.9 Å². The molecule has 0 bridgehead atoms. The third-order valence-electron chi connectivity index (χ3n) is 4.04. The van der Waals surface area contributed by atoms with Gasteiger partial charge in [0.1, 0.15) is 11.5 Å². The molecule has 0 saturated carbocycles. The fourth-order valence-corrected chi connectivity index (χ4v) is 2.60. The van der Waals surface area contributed by atoms with Gasteiger partial charge in [-0.25, -0.2) is 10.2 Å². The molecule has 6 nitrogen and oxygen atoms in total. The molecule has 0 radical (unpaired) electrons. The second-order valence-electron chi connectivity index (χ2n) is 6.25. The SMILES string of the molecule is O=C(Cc1cccc(C(F)(F)F)c1)N/N=C\c1ccc(-c2ccc(C(=O)O)cc2)o1. The summed E-state index contributed by atoms with van der Waals surface area (Å²) in [5.74, 6) is -0.813. The summed E-state index contributed by atoms with van der Waals surface area (Å²) in [4.78, 5) is 22.8. The van der Waals surface area contributed by atoms with Crippen LogP contribution in [-0.2, 0) is 17.4 Å². The molecule has 0 spiro atoms. The second kappa shape index (κ2) is 8.64. The monoisotopic (exact) mass is 416 g/mol. The molecular weight excluding hydrogens is 401 g/mol. The molecule has 9 heteroatoms. The number of carboxylic acids is 1. The molecule has 0 aliphatic carbocycles. The van der Waals surface area contributed by atoms with Gasteiger partial charge in [0.15, 0.2) is 0 Å². The highest BCUT2D eigenvalue weighted by Crippen LogP contribution is 2.29. The number of furan rings is 1. The van der Waals surface area contributed by atoms with Crippen LogP contribution in [0.2, 0.25) is 0 Å². The Morgan fingerprint density at radius 1 is 1.07 bits per heavy atom. The molecule has 0 atom stereocenters. The fraction of sp³-hybridized carbons (Fsp3) is 0.0952. The number of aromatic carboxylic acids is 1. The van der Waals surface area contributed by atoms with Crippen LogP contribution in [0, 0.1) is 0 Å². The largest absolute Gasteiger partial charge is 0.478 e. The number of nitrogens with zero attached hydrogens (tertiary/aromatic N) is 1. The quantitative estimate of drug-likeness (QED) is 0.462. The van der Waals surface area contributed by atoms with Crippen molar-refractivity contribution in [3.8, 4) is 11.3 Å². The number of alkyl halides is 3. The van der Waals surface area contributed by atoms with E-state index in [1.165, 1.54) is 30.5 Å². The first-order valence-electron chi connectivity index (χ1n) is 8.64. The van der Waals surface area contributed by atoms with E-state index in [9.17, 15) is 22.8 Å². The summed E-state index contributed by atoms with van der Waals surface area (Å²) in [5, 5.41) is 12.6. The van der Waals surface area contributed by atoms with Crippen LogP contribution in [0.3, 0.4) is 0 Å². The molecule has 154 valence electrons. The van der Waals surface area contributed by atoms with E-state index >= 15 is 0 Å². The fourth-order valence-electron chi connectivity index (χ4n) is 2.60. The molecule has 0 aliphatic heterocycles. The lowest BCUT2D eigenvalue weighted by Gasteiger charge is -2.08. The molecule has 0 aliphatic rings. The van der Waals surface area contributed by atoms with E-state index in [1.807, 2.05) is 0 Å². The lowest BCUT2D eigenvalue weighted by Crippen LogP contribution is -2.20. The van der Waals surface area contributed by atoms with E-state index in [0.717, 1.165) is 12.1 Å². The molecule has 2 aromatic carbocycles. The van der Waals surface area contributed by atoms with Crippen molar-refractivity contribution in [1.29, 1.82) is 0 Å². The minimum atomic E-state index is -4.48. The Morgan fingerprint density at radius 3 is 2.47 bits per heavy atom. The van der Waals surface area contributed by atoms with Crippen LogP contribution in [-0.4, -0.2) is 23.2 Å². The molecule has 3 rings (SSSR count). The van der Waals surface area contributed by atoms with Crippen LogP contribution in [0.1, 0.15) is 27.2 Å². The molecule has 1 amide bonds. The normalized spacial score (nSPS) is 11.6. The van der Waals surface area contributed by atoms with Gasteiger partial charge in [-0.15, -0.1) is 0 Å². The second-order valence-corrected chi connectivity index (χ2v) is 6.25. The Balaban J connectivity index is 1.58. The zero-order valence-electron chi connectivity index (χ0n) is 15.3. The molecule has 1 aromatic heterocycles. The Bertz CT molecular complexity index is 1090. The molecular formula is C21H15F3N2O4. The van der Waals surface area contributed by atoms with Crippen LogP contribution in [0.5, 0.6) is 0 Å². The number of hydrazone groups is 1. The van der Waals surface area contributed by atoms with Gasteiger partial charge in [-0.05, 0) is 35.9 Å². The number of halogens is 3. The summed E-state index contributed by atoms with van der Waals surface area (Å²) in [6, 6.07) is 13.9. The van der Waals surface area contributed by atoms with Crippen molar-refractivity contribution < 1.29 is 32.3 Å². The summed E-state index contributed by atoms with van der Waals surface area (Å²) in [7, 11) is 0. The smallest absolute Gasteiger partial charge is 0.416 e. The number of carbonyl (C=O) groups is 2. The number of nitrogens with one attached hydrogen (secondary N) is 1. The molecule has 3 aromatic rings. The minimum Gasteiger partial charge on any atom is -0.478 e. The summed E-state index contributed by atoms with van der Waals surface area (Å²) in [6.07, 6.45) is -3.49. The lowest BCUT2D eigenvalue weighted by atomic mass is 10.1. The van der Waals surface area contributed by atoms with Gasteiger partial charge in [0.25, 0.3) is 0 Å². The van der Waals surface area contributed by atoms with Crippen molar-refractivity contribution in [1.82, 2.24) is 5.43 Å². The van der Waals surface area contributed by atoms with Crippen LogP contribution in [0.4, 0.5) is 13.2 Å². The van der Waals surface area contributed by atoms with Crippen molar-refractivity contribution in [2.24, 2.45) is 5.10 Å². The van der Waals surface area contributed by atoms with Crippen molar-refractivity contribution in [2.75, 3.05) is 0 Å². The highest BCUT2D eigenvalue weighted by molar-refractivity contribution is 5.88. The maximum Gasteiger partial charge on any atom is 0.416 e. The van der Waals surface area contributed by atoms with E-state index in [4.69, 9.17) is 9.52 Å². The van der Waals surface area contributed by atoms with Gasteiger partial charge in [0.2, 0.25) is 5.91 Å². The maximum atomic E-state index is 12.7. The van der Waals surface area contributed by atoms with Crippen LogP contribution in [0.25, 0.3) is 11.3 Å². The van der Waals surface area contributed by atoms with Crippen molar-refractivity contribution in [2.45, 2.75) is 12.6 Å². The average molecular weight is 416 g/mol. The Hall–Kier alpha value is -3.88. The number of hydrogen-bond donors (Lipinski definition) is 2. The highest BCUT2D eigenvalue weighted by Gasteiger charge is 2.30. The number of hydrogen-bond acceptors (Lipinski definition) is 4. The van der Waals surface area contributed by atoms with E-state index in [0.29, 0.717) is 17.1 Å². The molecule has 0 fully saturated rings. The summed E-state index contributed by atoms with van der Waals surface area (Å²) >= 11 is 0. The standard InChI is InChI=1S/C21H15F3N2O4/c22-21(23,24)16-3-1-2-13(10-16)11-19(27)26-25-12-17-8-9-18(30-17)14-4-6-15(7-5-14)20(28)29/h1-10,12H,11H2,(H,26,27)(H,28,29)/b25-12-. The predicted octanol–water partition coefficient (Wildman–Crippen LogP) is 4.36. The summed E-state index contributed by atoms with van der Waals surface area (Å²) < 4.78 is 43.7. The van der Waals surface area contributed by atoms with Crippen molar-refractivity contribution >= 4 is 18.1 Å². The van der Waals surface area contributed by atoms with Gasteiger partial charge in [-0.3, -0.25) is 4.79 Å². The maximum absolute atomic E-state index is 12.7. The third-order valence-corrected chi connectivity index (χ3v) is 4.04. The number of rotatable bonds is 6. The Kier molecular flexibility index (Phi) is 6.01. The molecule has 30 heavy (non-hydrogen) atoms. The first-order chi connectivity index (χ1) is 14.2. The van der Waals surface area contributed by atoms with E-state index in [1.54, 1.807) is 24.3 Å². The van der Waals surface area contributed by atoms with Gasteiger partial charge in [-0.1, -0.05) is 30.3 Å². The van der Waals surface area contributed by atoms with Crippen molar-refractivity contribution in [3.05, 3.63) is 83.1 Å². The van der Waals surface area contributed by atoms with E-state index < -0.39 is 23.6 Å². The summed E-state index contributed by atoms with van der Waals surface area (Å²) in [6.45, 7) is 0. The Morgan fingerprint density at radius 2 is 1.80 bits per heavy atom. The minimum absolute atomic E-state index is 0.149. The number of carboxylic acid groups (broad SMARTS) is 1. The zero-order valence-corrected chi connectivity index (χ0v) is 15.3. The number of benzene rings is 2. The van der Waals surface area contributed by atoms with Crippen LogP contribution in [0.15, 0.2) is 70.2 Å². The lowest BCUT2D eigenvalue weighted by molar-refractivity contribution is -0.137. The number of carbonyl (C=O) groups excluding carboxylic acids is 1. The highest BCUT2D eigenvalue weighted by atomic mass is 19.4. The van der Waals surface area contributed by atoms with Crippen molar-refractivity contribution in [3.63, 3.8) is 0 Å². The Labute approximate surface area is 168 Å². The van der Waals surface area contributed by atoms with E-state index in [-0.39, 0.29) is 17.5 Å².